The van der Waals surface area contributed by atoms with Gasteiger partial charge in [0.2, 0.25) is 0 Å². The molecule has 1 unspecified atom stereocenters. The van der Waals surface area contributed by atoms with E-state index < -0.39 is 0 Å². The molecule has 1 atom stereocenters. The van der Waals surface area contributed by atoms with Crippen molar-refractivity contribution in [1.29, 1.82) is 0 Å². The number of amides is 1. The van der Waals surface area contributed by atoms with Crippen LogP contribution in [0.4, 0.5) is 0 Å². The maximum Gasteiger partial charge on any atom is 0.253 e. The lowest BCUT2D eigenvalue weighted by atomic mass is 9.99. The molecule has 7 heteroatoms. The molecule has 2 heterocycles. The van der Waals surface area contributed by atoms with Crippen molar-refractivity contribution in [3.8, 4) is 0 Å². The van der Waals surface area contributed by atoms with Gasteiger partial charge in [-0.1, -0.05) is 11.6 Å². The summed E-state index contributed by atoms with van der Waals surface area (Å²) in [6, 6.07) is 7.20. The lowest BCUT2D eigenvalue weighted by Gasteiger charge is -2.22. The van der Waals surface area contributed by atoms with E-state index in [1.807, 2.05) is 12.1 Å². The van der Waals surface area contributed by atoms with Crippen molar-refractivity contribution in [2.24, 2.45) is 5.92 Å². The Morgan fingerprint density at radius 1 is 1.35 bits per heavy atom. The fraction of sp³-hybridized carbons (Fsp3) is 0.375. The fourth-order valence-corrected chi connectivity index (χ4v) is 2.97. The molecule has 0 radical (unpaired) electrons. The Balaban J connectivity index is 0.00000132. The van der Waals surface area contributed by atoms with E-state index in [2.05, 4.69) is 15.6 Å². The number of rotatable bonds is 3. The lowest BCUT2D eigenvalue weighted by molar-refractivity contribution is 0.0946. The van der Waals surface area contributed by atoms with Crippen LogP contribution in [0.15, 0.2) is 30.5 Å². The zero-order chi connectivity index (χ0) is 14.7. The number of nitrogens with zero attached hydrogens (tertiary/aromatic N) is 1. The summed E-state index contributed by atoms with van der Waals surface area (Å²) in [4.78, 5) is 16.7. The van der Waals surface area contributed by atoms with Crippen LogP contribution in [0, 0.1) is 5.92 Å². The molecule has 0 aliphatic carbocycles. The van der Waals surface area contributed by atoms with E-state index in [0.29, 0.717) is 28.6 Å². The maximum atomic E-state index is 12.4. The molecule has 2 aromatic rings. The van der Waals surface area contributed by atoms with Crippen molar-refractivity contribution in [2.45, 2.75) is 12.8 Å². The average molecular weight is 377 g/mol. The molecule has 1 fully saturated rings. The second-order valence-electron chi connectivity index (χ2n) is 5.42. The van der Waals surface area contributed by atoms with Gasteiger partial charge in [0.15, 0.2) is 0 Å². The van der Waals surface area contributed by atoms with Crippen LogP contribution in [-0.4, -0.2) is 30.5 Å². The van der Waals surface area contributed by atoms with E-state index in [9.17, 15) is 4.79 Å². The molecule has 1 aliphatic rings. The third kappa shape index (κ3) is 4.70. The van der Waals surface area contributed by atoms with Crippen LogP contribution in [0.1, 0.15) is 23.2 Å². The van der Waals surface area contributed by atoms with Gasteiger partial charge >= 0.3 is 0 Å². The molecule has 1 saturated heterocycles. The van der Waals surface area contributed by atoms with Crippen molar-refractivity contribution in [2.75, 3.05) is 19.6 Å². The Labute approximate surface area is 153 Å². The summed E-state index contributed by atoms with van der Waals surface area (Å²) in [7, 11) is 0. The summed E-state index contributed by atoms with van der Waals surface area (Å²) in [5, 5.41) is 7.80. The summed E-state index contributed by atoms with van der Waals surface area (Å²) in [5.41, 5.74) is 1.24. The van der Waals surface area contributed by atoms with Gasteiger partial charge < -0.3 is 10.6 Å². The van der Waals surface area contributed by atoms with Gasteiger partial charge in [-0.3, -0.25) is 9.78 Å². The molecule has 4 nitrogen and oxygen atoms in total. The Morgan fingerprint density at radius 2 is 2.17 bits per heavy atom. The maximum absolute atomic E-state index is 12.4. The molecule has 0 bridgehead atoms. The highest BCUT2D eigenvalue weighted by atomic mass is 35.5. The molecule has 0 saturated carbocycles. The Bertz CT molecular complexity index is 660. The average Bonchev–Trinajstić information content (AvgIpc) is 2.54. The zero-order valence-electron chi connectivity index (χ0n) is 12.5. The molecule has 1 amide bonds. The summed E-state index contributed by atoms with van der Waals surface area (Å²) < 4.78 is 0. The normalized spacial score (nSPS) is 17.0. The number of piperidine rings is 1. The van der Waals surface area contributed by atoms with E-state index in [0.717, 1.165) is 24.9 Å². The molecular weight excluding hydrogens is 357 g/mol. The monoisotopic (exact) mass is 375 g/mol. The summed E-state index contributed by atoms with van der Waals surface area (Å²) in [5.74, 6) is 0.426. The van der Waals surface area contributed by atoms with E-state index >= 15 is 0 Å². The van der Waals surface area contributed by atoms with E-state index in [-0.39, 0.29) is 30.7 Å². The Kier molecular flexibility index (Phi) is 8.06. The minimum atomic E-state index is -0.0825. The van der Waals surface area contributed by atoms with Crippen molar-refractivity contribution < 1.29 is 4.79 Å². The highest BCUT2D eigenvalue weighted by molar-refractivity contribution is 6.36. The van der Waals surface area contributed by atoms with Crippen LogP contribution in [0.2, 0.25) is 5.02 Å². The van der Waals surface area contributed by atoms with Gasteiger partial charge in [0.05, 0.1) is 16.1 Å². The smallest absolute Gasteiger partial charge is 0.253 e. The number of hydrogen-bond acceptors (Lipinski definition) is 3. The summed E-state index contributed by atoms with van der Waals surface area (Å²) in [6.45, 7) is 2.75. The number of aromatic nitrogens is 1. The minimum Gasteiger partial charge on any atom is -0.352 e. The van der Waals surface area contributed by atoms with Crippen molar-refractivity contribution in [3.63, 3.8) is 0 Å². The van der Waals surface area contributed by atoms with E-state index in [1.54, 1.807) is 18.3 Å². The molecule has 1 aromatic carbocycles. The first-order valence-corrected chi connectivity index (χ1v) is 7.65. The Morgan fingerprint density at radius 3 is 2.91 bits per heavy atom. The van der Waals surface area contributed by atoms with Gasteiger partial charge in [0.25, 0.3) is 5.91 Å². The van der Waals surface area contributed by atoms with Gasteiger partial charge in [-0.05, 0) is 56.1 Å². The number of halogens is 3. The molecule has 3 rings (SSSR count). The number of carbonyl (C=O) groups excluding carboxylic acids is 1. The summed E-state index contributed by atoms with van der Waals surface area (Å²) in [6.07, 6.45) is 4.01. The van der Waals surface area contributed by atoms with Crippen molar-refractivity contribution in [3.05, 3.63) is 41.0 Å². The molecular formula is C16H20Cl3N3O. The Hall–Kier alpha value is -1.07. The first-order valence-electron chi connectivity index (χ1n) is 7.28. The molecule has 1 aromatic heterocycles. The fourth-order valence-electron chi connectivity index (χ4n) is 2.75. The SMILES string of the molecule is Cl.Cl.O=C(NCC1CCCNC1)c1ccc(Cl)c2cccnc12. The summed E-state index contributed by atoms with van der Waals surface area (Å²) >= 11 is 6.15. The number of nitrogens with one attached hydrogen (secondary N) is 2. The van der Waals surface area contributed by atoms with Gasteiger partial charge in [-0.15, -0.1) is 24.8 Å². The van der Waals surface area contributed by atoms with Gasteiger partial charge in [0, 0.05) is 18.1 Å². The highest BCUT2D eigenvalue weighted by Gasteiger charge is 2.16. The van der Waals surface area contributed by atoms with Gasteiger partial charge in [-0.25, -0.2) is 0 Å². The first-order chi connectivity index (χ1) is 10.3. The molecule has 1 aliphatic heterocycles. The minimum absolute atomic E-state index is 0. The van der Waals surface area contributed by atoms with Crippen LogP contribution in [0.3, 0.4) is 0 Å². The standard InChI is InChI=1S/C16H18ClN3O.2ClH/c17-14-6-5-13(15-12(14)4-2-8-19-15)16(21)20-10-11-3-1-7-18-9-11;;/h2,4-6,8,11,18H,1,3,7,9-10H2,(H,20,21);2*1H. The second kappa shape index (κ2) is 9.28. The van der Waals surface area contributed by atoms with Crippen molar-refractivity contribution >= 4 is 53.2 Å². The largest absolute Gasteiger partial charge is 0.352 e. The molecule has 0 spiro atoms. The molecule has 23 heavy (non-hydrogen) atoms. The van der Waals surface area contributed by atoms with Crippen LogP contribution in [0.5, 0.6) is 0 Å². The zero-order valence-corrected chi connectivity index (χ0v) is 14.9. The molecule has 2 N–H and O–H groups in total. The number of hydrogen-bond donors (Lipinski definition) is 2. The van der Waals surface area contributed by atoms with Crippen molar-refractivity contribution in [1.82, 2.24) is 15.6 Å². The lowest BCUT2D eigenvalue weighted by Crippen LogP contribution is -2.38. The van der Waals surface area contributed by atoms with Crippen LogP contribution >= 0.6 is 36.4 Å². The second-order valence-corrected chi connectivity index (χ2v) is 5.82. The molecule has 126 valence electrons. The van der Waals surface area contributed by atoms with Gasteiger partial charge in [-0.2, -0.15) is 0 Å². The van der Waals surface area contributed by atoms with E-state index in [1.165, 1.54) is 6.42 Å². The van der Waals surface area contributed by atoms with Crippen LogP contribution < -0.4 is 10.6 Å². The number of carbonyl (C=O) groups is 1. The van der Waals surface area contributed by atoms with E-state index in [4.69, 9.17) is 11.6 Å². The number of pyridine rings is 1. The van der Waals surface area contributed by atoms with Gasteiger partial charge in [0.1, 0.15) is 0 Å². The first kappa shape index (κ1) is 20.0. The highest BCUT2D eigenvalue weighted by Crippen LogP contribution is 2.24. The predicted molar refractivity (Wildman–Crippen MR) is 99.2 cm³/mol. The third-order valence-electron chi connectivity index (χ3n) is 3.91. The topological polar surface area (TPSA) is 54.0 Å². The third-order valence-corrected chi connectivity index (χ3v) is 4.24. The quantitative estimate of drug-likeness (QED) is 0.862. The van der Waals surface area contributed by atoms with Crippen LogP contribution in [-0.2, 0) is 0 Å². The van der Waals surface area contributed by atoms with Crippen LogP contribution in [0.25, 0.3) is 10.9 Å². The predicted octanol–water partition coefficient (Wildman–Crippen LogP) is 3.46. The number of benzene rings is 1. The number of fused-ring (bicyclic) bond motifs is 1.